The average molecular weight is 562 g/mol. The van der Waals surface area contributed by atoms with Gasteiger partial charge in [-0.05, 0) is 63.1 Å². The summed E-state index contributed by atoms with van der Waals surface area (Å²) in [6.45, 7) is 8.90. The summed E-state index contributed by atoms with van der Waals surface area (Å²) >= 11 is 0. The van der Waals surface area contributed by atoms with Gasteiger partial charge in [0, 0.05) is 65.3 Å². The maximum absolute atomic E-state index is 13.1. The molecule has 0 unspecified atom stereocenters. The second kappa shape index (κ2) is 13.0. The minimum absolute atomic E-state index is 0.0793. The second-order valence-corrected chi connectivity index (χ2v) is 10.8. The second-order valence-electron chi connectivity index (χ2n) is 10.8. The number of hydrogen-bond acceptors (Lipinski definition) is 7. The number of amides is 3. The molecule has 0 atom stereocenters. The van der Waals surface area contributed by atoms with Crippen LogP contribution in [0.3, 0.4) is 0 Å². The van der Waals surface area contributed by atoms with Gasteiger partial charge in [0.25, 0.3) is 5.91 Å². The van der Waals surface area contributed by atoms with Gasteiger partial charge in [-0.3, -0.25) is 24.3 Å². The molecular weight excluding hydrogens is 522 g/mol. The third kappa shape index (κ3) is 6.77. The van der Waals surface area contributed by atoms with E-state index in [4.69, 9.17) is 9.15 Å². The standard InChI is InChI=1S/C31H39N5O5/c1-6-36-26-9-8-25(20-27(26)34(5)29(38)31(2,3)30(36)39)41-18-7-15-35(21-23-10-13-32-14-11-23)17-16-33(4)28(37)24-12-19-40-22-24/h8-14,19-20,22H,6-7,15-18,21H2,1-5H3. The Morgan fingerprint density at radius 2 is 1.78 bits per heavy atom. The summed E-state index contributed by atoms with van der Waals surface area (Å²) in [5.74, 6) is 0.0950. The Morgan fingerprint density at radius 3 is 2.46 bits per heavy atom. The van der Waals surface area contributed by atoms with E-state index in [-0.39, 0.29) is 17.7 Å². The van der Waals surface area contributed by atoms with Gasteiger partial charge in [0.05, 0.1) is 29.8 Å². The van der Waals surface area contributed by atoms with Gasteiger partial charge in [-0.1, -0.05) is 0 Å². The number of fused-ring (bicyclic) bond motifs is 1. The van der Waals surface area contributed by atoms with Crippen molar-refractivity contribution in [1.82, 2.24) is 14.8 Å². The monoisotopic (exact) mass is 561 g/mol. The summed E-state index contributed by atoms with van der Waals surface area (Å²) in [7, 11) is 3.49. The molecule has 10 nitrogen and oxygen atoms in total. The molecule has 0 N–H and O–H groups in total. The van der Waals surface area contributed by atoms with Crippen LogP contribution >= 0.6 is 0 Å². The molecule has 0 saturated carbocycles. The maximum atomic E-state index is 13.1. The van der Waals surface area contributed by atoms with E-state index >= 15 is 0 Å². The first kappa shape index (κ1) is 29.8. The van der Waals surface area contributed by atoms with Crippen LogP contribution in [0.15, 0.2) is 65.7 Å². The molecule has 0 radical (unpaired) electrons. The average Bonchev–Trinajstić information content (AvgIpc) is 3.51. The topological polar surface area (TPSA) is 99.4 Å². The Morgan fingerprint density at radius 1 is 1.02 bits per heavy atom. The van der Waals surface area contributed by atoms with Gasteiger partial charge < -0.3 is 23.9 Å². The van der Waals surface area contributed by atoms with E-state index < -0.39 is 5.41 Å². The molecule has 0 saturated heterocycles. The van der Waals surface area contributed by atoms with Crippen molar-refractivity contribution in [2.24, 2.45) is 5.41 Å². The Kier molecular flexibility index (Phi) is 9.44. The zero-order valence-corrected chi connectivity index (χ0v) is 24.5. The van der Waals surface area contributed by atoms with Crippen molar-refractivity contribution in [3.05, 3.63) is 72.4 Å². The minimum Gasteiger partial charge on any atom is -0.493 e. The van der Waals surface area contributed by atoms with Gasteiger partial charge in [-0.15, -0.1) is 0 Å². The SMILES string of the molecule is CCN1C(=O)C(C)(C)C(=O)N(C)c2cc(OCCCN(CCN(C)C(=O)c3ccoc3)Cc3ccncc3)ccc21. The highest BCUT2D eigenvalue weighted by atomic mass is 16.5. The molecule has 41 heavy (non-hydrogen) atoms. The van der Waals surface area contributed by atoms with Crippen molar-refractivity contribution in [3.63, 3.8) is 0 Å². The largest absolute Gasteiger partial charge is 0.493 e. The van der Waals surface area contributed by atoms with Crippen molar-refractivity contribution in [2.75, 3.05) is 56.7 Å². The molecule has 0 fully saturated rings. The van der Waals surface area contributed by atoms with E-state index in [1.54, 1.807) is 61.1 Å². The van der Waals surface area contributed by atoms with Crippen molar-refractivity contribution in [3.8, 4) is 5.75 Å². The third-order valence-electron chi connectivity index (χ3n) is 7.44. The summed E-state index contributed by atoms with van der Waals surface area (Å²) in [5.41, 5.74) is 1.87. The quantitative estimate of drug-likeness (QED) is 0.243. The lowest BCUT2D eigenvalue weighted by Crippen LogP contribution is -2.47. The summed E-state index contributed by atoms with van der Waals surface area (Å²) < 4.78 is 11.2. The fourth-order valence-electron chi connectivity index (χ4n) is 4.96. The van der Waals surface area contributed by atoms with Crippen molar-refractivity contribution in [2.45, 2.75) is 33.7 Å². The highest BCUT2D eigenvalue weighted by Crippen LogP contribution is 2.40. The number of nitrogens with zero attached hydrogens (tertiary/aromatic N) is 5. The third-order valence-corrected chi connectivity index (χ3v) is 7.44. The predicted molar refractivity (Wildman–Crippen MR) is 157 cm³/mol. The van der Waals surface area contributed by atoms with Gasteiger partial charge in [0.1, 0.15) is 17.4 Å². The molecule has 3 heterocycles. The zero-order chi connectivity index (χ0) is 29.6. The lowest BCUT2D eigenvalue weighted by molar-refractivity contribution is -0.137. The molecule has 1 aliphatic heterocycles. The normalized spacial score (nSPS) is 14.7. The molecule has 3 amide bonds. The summed E-state index contributed by atoms with van der Waals surface area (Å²) in [5, 5.41) is 0. The Bertz CT molecular complexity index is 1340. The van der Waals surface area contributed by atoms with Gasteiger partial charge in [0.15, 0.2) is 0 Å². The number of carbonyl (C=O) groups excluding carboxylic acids is 3. The van der Waals surface area contributed by atoms with Crippen molar-refractivity contribution >= 4 is 29.1 Å². The fraction of sp³-hybridized carbons (Fsp3) is 0.419. The smallest absolute Gasteiger partial charge is 0.256 e. The fourth-order valence-corrected chi connectivity index (χ4v) is 4.96. The molecule has 0 bridgehead atoms. The highest BCUT2D eigenvalue weighted by Gasteiger charge is 2.45. The number of likely N-dealkylation sites (N-methyl/N-ethyl adjacent to an activating group) is 1. The molecule has 2 aromatic heterocycles. The van der Waals surface area contributed by atoms with Crippen LogP contribution < -0.4 is 14.5 Å². The summed E-state index contributed by atoms with van der Waals surface area (Å²) in [6, 6.07) is 11.2. The first-order valence-electron chi connectivity index (χ1n) is 13.9. The van der Waals surface area contributed by atoms with Crippen LogP contribution in [-0.2, 0) is 16.1 Å². The molecule has 0 spiro atoms. The molecule has 218 valence electrons. The summed E-state index contributed by atoms with van der Waals surface area (Å²) in [4.78, 5) is 50.2. The number of carbonyl (C=O) groups is 3. The molecule has 1 aliphatic rings. The van der Waals surface area contributed by atoms with Crippen LogP contribution in [0, 0.1) is 5.41 Å². The Balaban J connectivity index is 1.38. The number of aromatic nitrogens is 1. The van der Waals surface area contributed by atoms with E-state index in [9.17, 15) is 14.4 Å². The molecule has 3 aromatic rings. The zero-order valence-electron chi connectivity index (χ0n) is 24.5. The van der Waals surface area contributed by atoms with E-state index in [0.717, 1.165) is 25.1 Å². The maximum Gasteiger partial charge on any atom is 0.256 e. The number of furan rings is 1. The number of anilines is 2. The van der Waals surface area contributed by atoms with Crippen LogP contribution in [0.5, 0.6) is 5.75 Å². The van der Waals surface area contributed by atoms with Crippen molar-refractivity contribution < 1.29 is 23.5 Å². The van der Waals surface area contributed by atoms with Gasteiger partial charge >= 0.3 is 0 Å². The van der Waals surface area contributed by atoms with E-state index in [1.165, 1.54) is 12.5 Å². The first-order chi connectivity index (χ1) is 19.6. The summed E-state index contributed by atoms with van der Waals surface area (Å²) in [6.07, 6.45) is 7.26. The predicted octanol–water partition coefficient (Wildman–Crippen LogP) is 4.07. The molecule has 0 aliphatic carbocycles. The van der Waals surface area contributed by atoms with Crippen LogP contribution in [0.1, 0.15) is 43.1 Å². The number of benzene rings is 1. The molecule has 4 rings (SSSR count). The minimum atomic E-state index is -1.15. The highest BCUT2D eigenvalue weighted by molar-refractivity contribution is 6.20. The Hall–Kier alpha value is -4.18. The molecule has 1 aromatic carbocycles. The first-order valence-corrected chi connectivity index (χ1v) is 13.9. The van der Waals surface area contributed by atoms with E-state index in [2.05, 4.69) is 9.88 Å². The molecule has 10 heteroatoms. The van der Waals surface area contributed by atoms with Crippen molar-refractivity contribution in [1.29, 1.82) is 0 Å². The lowest BCUT2D eigenvalue weighted by Gasteiger charge is -2.27. The van der Waals surface area contributed by atoms with Crippen LogP contribution in [0.4, 0.5) is 11.4 Å². The molecular formula is C31H39N5O5. The number of hydrogen-bond donors (Lipinski definition) is 0. The van der Waals surface area contributed by atoms with Crippen LogP contribution in [-0.4, -0.2) is 79.4 Å². The van der Waals surface area contributed by atoms with Crippen LogP contribution in [0.2, 0.25) is 0 Å². The number of rotatable bonds is 12. The van der Waals surface area contributed by atoms with Gasteiger partial charge in [-0.2, -0.15) is 0 Å². The number of ether oxygens (including phenoxy) is 1. The van der Waals surface area contributed by atoms with E-state index in [0.29, 0.717) is 48.9 Å². The lowest BCUT2D eigenvalue weighted by atomic mass is 9.90. The van der Waals surface area contributed by atoms with E-state index in [1.807, 2.05) is 37.3 Å². The van der Waals surface area contributed by atoms with Gasteiger partial charge in [-0.25, -0.2) is 0 Å². The number of pyridine rings is 1. The van der Waals surface area contributed by atoms with Gasteiger partial charge in [0.2, 0.25) is 11.8 Å². The van der Waals surface area contributed by atoms with Crippen LogP contribution in [0.25, 0.3) is 0 Å². The Labute approximate surface area is 241 Å².